The smallest absolute Gasteiger partial charge is 0.416 e. The molecule has 0 heterocycles. The van der Waals surface area contributed by atoms with E-state index in [1.54, 1.807) is 45.0 Å². The number of methoxy groups -OCH3 is 1. The third-order valence-corrected chi connectivity index (χ3v) is 5.35. The van der Waals surface area contributed by atoms with Crippen molar-refractivity contribution in [3.05, 3.63) is 65.2 Å². The fourth-order valence-electron chi connectivity index (χ4n) is 3.45. The first-order valence-electron chi connectivity index (χ1n) is 12.4. The molecule has 2 aromatic carbocycles. The highest BCUT2D eigenvalue weighted by molar-refractivity contribution is 6.08. The summed E-state index contributed by atoms with van der Waals surface area (Å²) in [6.45, 7) is 6.54. The number of nitrogens with one attached hydrogen (secondary N) is 1. The zero-order chi connectivity index (χ0) is 29.1. The number of carbonyl (C=O) groups excluding carboxylic acids is 3. The van der Waals surface area contributed by atoms with Gasteiger partial charge in [0.15, 0.2) is 5.78 Å². The van der Waals surface area contributed by atoms with E-state index in [9.17, 15) is 27.6 Å². The van der Waals surface area contributed by atoms with Crippen LogP contribution >= 0.6 is 0 Å². The molecule has 39 heavy (non-hydrogen) atoms. The molecule has 1 N–H and O–H groups in total. The lowest BCUT2D eigenvalue weighted by molar-refractivity contribution is -0.144. The first kappa shape index (κ1) is 31.6. The predicted molar refractivity (Wildman–Crippen MR) is 137 cm³/mol. The van der Waals surface area contributed by atoms with E-state index in [4.69, 9.17) is 18.9 Å². The topological polar surface area (TPSA) is 100 Å². The minimum atomic E-state index is -4.52. The zero-order valence-corrected chi connectivity index (χ0v) is 22.4. The molecule has 1 atom stereocenters. The number of aryl methyl sites for hydroxylation is 1. The Morgan fingerprint density at radius 2 is 1.54 bits per heavy atom. The van der Waals surface area contributed by atoms with Crippen molar-refractivity contribution in [2.45, 2.75) is 45.4 Å². The van der Waals surface area contributed by atoms with Crippen molar-refractivity contribution in [2.24, 2.45) is 5.92 Å². The second-order valence-electron chi connectivity index (χ2n) is 9.59. The van der Waals surface area contributed by atoms with Gasteiger partial charge in [0.2, 0.25) is 0 Å². The van der Waals surface area contributed by atoms with E-state index in [0.29, 0.717) is 31.9 Å². The molecule has 214 valence electrons. The Bertz CT molecular complexity index is 1080. The van der Waals surface area contributed by atoms with Gasteiger partial charge in [-0.05, 0) is 63.4 Å². The average molecular weight is 554 g/mol. The van der Waals surface area contributed by atoms with E-state index in [1.807, 2.05) is 0 Å². The minimum absolute atomic E-state index is 0.00462. The first-order valence-corrected chi connectivity index (χ1v) is 12.4. The number of hydrogen-bond acceptors (Lipinski definition) is 7. The monoisotopic (exact) mass is 553 g/mol. The van der Waals surface area contributed by atoms with Crippen molar-refractivity contribution >= 4 is 17.8 Å². The number of esters is 1. The van der Waals surface area contributed by atoms with E-state index in [2.05, 4.69) is 5.32 Å². The SMILES string of the molecule is COC(=O)C(CCc1ccc(OCCOCCNC(=O)OC(C)(C)C)cc1)C(=O)c1ccc(C(F)(F)F)cc1. The van der Waals surface area contributed by atoms with Crippen LogP contribution in [0.2, 0.25) is 0 Å². The molecule has 2 rings (SSSR count). The van der Waals surface area contributed by atoms with Crippen LogP contribution in [0, 0.1) is 5.92 Å². The van der Waals surface area contributed by atoms with Crippen LogP contribution in [-0.4, -0.2) is 56.9 Å². The third kappa shape index (κ3) is 11.4. The van der Waals surface area contributed by atoms with Gasteiger partial charge in [-0.1, -0.05) is 24.3 Å². The number of amides is 1. The maximum absolute atomic E-state index is 12.8. The summed E-state index contributed by atoms with van der Waals surface area (Å²) in [4.78, 5) is 36.6. The summed E-state index contributed by atoms with van der Waals surface area (Å²) in [6, 6.07) is 10.8. The van der Waals surface area contributed by atoms with Crippen LogP contribution in [0.25, 0.3) is 0 Å². The summed E-state index contributed by atoms with van der Waals surface area (Å²) >= 11 is 0. The minimum Gasteiger partial charge on any atom is -0.491 e. The predicted octanol–water partition coefficient (Wildman–Crippen LogP) is 5.23. The second-order valence-corrected chi connectivity index (χ2v) is 9.59. The molecule has 1 unspecified atom stereocenters. The van der Waals surface area contributed by atoms with Crippen molar-refractivity contribution in [1.82, 2.24) is 5.32 Å². The molecule has 0 aliphatic carbocycles. The highest BCUT2D eigenvalue weighted by Crippen LogP contribution is 2.29. The van der Waals surface area contributed by atoms with Crippen LogP contribution in [0.5, 0.6) is 5.75 Å². The largest absolute Gasteiger partial charge is 0.491 e. The van der Waals surface area contributed by atoms with Crippen molar-refractivity contribution in [3.8, 4) is 5.75 Å². The van der Waals surface area contributed by atoms with E-state index in [1.165, 1.54) is 0 Å². The zero-order valence-electron chi connectivity index (χ0n) is 22.4. The number of benzene rings is 2. The first-order chi connectivity index (χ1) is 18.3. The van der Waals surface area contributed by atoms with Crippen molar-refractivity contribution < 1.29 is 46.5 Å². The van der Waals surface area contributed by atoms with Crippen LogP contribution in [0.15, 0.2) is 48.5 Å². The van der Waals surface area contributed by atoms with Crippen LogP contribution in [0.3, 0.4) is 0 Å². The van der Waals surface area contributed by atoms with Crippen molar-refractivity contribution in [3.63, 3.8) is 0 Å². The fraction of sp³-hybridized carbons (Fsp3) is 0.464. The summed E-state index contributed by atoms with van der Waals surface area (Å²) in [5.41, 5.74) is -0.604. The molecular formula is C28H34F3NO7. The molecule has 11 heteroatoms. The highest BCUT2D eigenvalue weighted by atomic mass is 19.4. The summed E-state index contributed by atoms with van der Waals surface area (Å²) in [6.07, 6.45) is -4.55. The average Bonchev–Trinajstić information content (AvgIpc) is 2.87. The van der Waals surface area contributed by atoms with E-state index >= 15 is 0 Å². The molecule has 0 bridgehead atoms. The molecule has 0 spiro atoms. The van der Waals surface area contributed by atoms with Gasteiger partial charge in [0.25, 0.3) is 0 Å². The summed E-state index contributed by atoms with van der Waals surface area (Å²) in [5, 5.41) is 2.59. The maximum atomic E-state index is 12.8. The van der Waals surface area contributed by atoms with Gasteiger partial charge in [0, 0.05) is 12.1 Å². The molecule has 8 nitrogen and oxygen atoms in total. The van der Waals surface area contributed by atoms with Gasteiger partial charge in [-0.15, -0.1) is 0 Å². The molecule has 2 aromatic rings. The molecule has 0 radical (unpaired) electrons. The quantitative estimate of drug-likeness (QED) is 0.157. The van der Waals surface area contributed by atoms with Crippen molar-refractivity contribution in [1.29, 1.82) is 0 Å². The summed E-state index contributed by atoms with van der Waals surface area (Å²) in [7, 11) is 1.16. The van der Waals surface area contributed by atoms with Crippen molar-refractivity contribution in [2.75, 3.05) is 33.5 Å². The van der Waals surface area contributed by atoms with Crippen LogP contribution in [-0.2, 0) is 31.6 Å². The normalized spacial score (nSPS) is 12.4. The Balaban J connectivity index is 1.78. The molecule has 0 aliphatic rings. The van der Waals surface area contributed by atoms with E-state index in [0.717, 1.165) is 36.9 Å². The maximum Gasteiger partial charge on any atom is 0.416 e. The number of halogens is 3. The van der Waals surface area contributed by atoms with Gasteiger partial charge in [0.05, 0.1) is 25.9 Å². The molecule has 0 fully saturated rings. The molecular weight excluding hydrogens is 519 g/mol. The molecule has 1 amide bonds. The molecule has 0 aromatic heterocycles. The van der Waals surface area contributed by atoms with Gasteiger partial charge in [-0.3, -0.25) is 9.59 Å². The lowest BCUT2D eigenvalue weighted by Gasteiger charge is -2.19. The molecule has 0 saturated heterocycles. The molecule has 0 aliphatic heterocycles. The Hall–Kier alpha value is -3.60. The lowest BCUT2D eigenvalue weighted by Crippen LogP contribution is -2.34. The number of alkyl halides is 3. The highest BCUT2D eigenvalue weighted by Gasteiger charge is 2.32. The Morgan fingerprint density at radius 1 is 0.897 bits per heavy atom. The number of hydrogen-bond donors (Lipinski definition) is 1. The van der Waals surface area contributed by atoms with Crippen LogP contribution in [0.1, 0.15) is 48.7 Å². The van der Waals surface area contributed by atoms with E-state index < -0.39 is 41.1 Å². The number of ether oxygens (including phenoxy) is 4. The van der Waals surface area contributed by atoms with Crippen LogP contribution in [0.4, 0.5) is 18.0 Å². The second kappa shape index (κ2) is 14.5. The Morgan fingerprint density at radius 3 is 2.10 bits per heavy atom. The number of ketones is 1. The van der Waals surface area contributed by atoms with Gasteiger partial charge in [0.1, 0.15) is 23.9 Å². The standard InChI is InChI=1S/C28H34F3NO7/c1-27(2,3)39-26(35)32-15-16-37-17-18-38-22-12-5-19(6-13-22)7-14-23(25(34)36-4)24(33)20-8-10-21(11-9-20)28(29,30)31/h5-6,8-13,23H,7,14-18H2,1-4H3,(H,32,35). The van der Waals surface area contributed by atoms with Gasteiger partial charge in [-0.2, -0.15) is 13.2 Å². The lowest BCUT2D eigenvalue weighted by atomic mass is 9.91. The fourth-order valence-corrected chi connectivity index (χ4v) is 3.45. The summed E-state index contributed by atoms with van der Waals surface area (Å²) in [5.74, 6) is -1.90. The number of Topliss-reactive ketones (excluding diaryl/α,β-unsaturated/α-hetero) is 1. The Labute approximate surface area is 225 Å². The van der Waals surface area contributed by atoms with Crippen LogP contribution < -0.4 is 10.1 Å². The van der Waals surface area contributed by atoms with Gasteiger partial charge >= 0.3 is 18.2 Å². The third-order valence-electron chi connectivity index (χ3n) is 5.35. The number of alkyl carbamates (subject to hydrolysis) is 1. The number of carbonyl (C=O) groups is 3. The van der Waals surface area contributed by atoms with Gasteiger partial charge < -0.3 is 24.3 Å². The number of rotatable bonds is 13. The van der Waals surface area contributed by atoms with Gasteiger partial charge in [-0.25, -0.2) is 4.79 Å². The summed E-state index contributed by atoms with van der Waals surface area (Å²) < 4.78 is 59.3. The van der Waals surface area contributed by atoms with E-state index in [-0.39, 0.29) is 18.6 Å². The Kier molecular flexibility index (Phi) is 11.8. The molecule has 0 saturated carbocycles.